The van der Waals surface area contributed by atoms with Crippen LogP contribution in [0.5, 0.6) is 0 Å². The first-order valence-corrected chi connectivity index (χ1v) is 12.8. The average Bonchev–Trinajstić information content (AvgIpc) is 2.70. The number of rotatable bonds is 6. The van der Waals surface area contributed by atoms with Crippen molar-refractivity contribution in [1.82, 2.24) is 0 Å². The third kappa shape index (κ3) is 3.61. The van der Waals surface area contributed by atoms with E-state index in [1.54, 1.807) is 0 Å². The van der Waals surface area contributed by atoms with Crippen molar-refractivity contribution in [2.75, 3.05) is 12.3 Å². The van der Waals surface area contributed by atoms with Crippen molar-refractivity contribution in [2.45, 2.75) is 13.8 Å². The first kappa shape index (κ1) is 19.2. The van der Waals surface area contributed by atoms with E-state index < -0.39 is 15.0 Å². The number of hydrogen-bond donors (Lipinski definition) is 2. The summed E-state index contributed by atoms with van der Waals surface area (Å²) in [6.45, 7) is 3.76. The molecular weight excluding hydrogens is 358 g/mol. The molecule has 3 aromatic carbocycles. The second kappa shape index (κ2) is 7.59. The summed E-state index contributed by atoms with van der Waals surface area (Å²) >= 11 is 0. The quantitative estimate of drug-likeness (QED) is 0.639. The molecule has 0 unspecified atom stereocenters. The Balaban J connectivity index is 2.28. The molecule has 26 heavy (non-hydrogen) atoms. The molecule has 0 fully saturated rings. The van der Waals surface area contributed by atoms with E-state index in [4.69, 9.17) is 0 Å². The van der Waals surface area contributed by atoms with Crippen LogP contribution in [0, 0.1) is 0 Å². The molecule has 0 saturated heterocycles. The summed E-state index contributed by atoms with van der Waals surface area (Å²) in [5.74, 6) is 0. The molecule has 3 aromatic rings. The van der Waals surface area contributed by atoms with Crippen molar-refractivity contribution in [2.24, 2.45) is 0 Å². The van der Waals surface area contributed by atoms with E-state index in [2.05, 4.69) is 30.3 Å². The van der Waals surface area contributed by atoms with Gasteiger partial charge in [-0.25, -0.2) is 0 Å². The molecule has 136 valence electrons. The number of benzene rings is 3. The molecule has 0 spiro atoms. The summed E-state index contributed by atoms with van der Waals surface area (Å²) < 4.78 is 0. The maximum atomic E-state index is 11.4. The van der Waals surface area contributed by atoms with Crippen molar-refractivity contribution >= 4 is 36.2 Å². The SMILES string of the molecule is CCP(O)(O)(CC)c1ccccc1P(c1ccccc1)c1ccccc1. The fraction of sp³-hybridized carbons (Fsp3) is 0.182. The molecule has 0 saturated carbocycles. The molecule has 2 nitrogen and oxygen atoms in total. The summed E-state index contributed by atoms with van der Waals surface area (Å²) in [5, 5.41) is 4.22. The van der Waals surface area contributed by atoms with Gasteiger partial charge in [0, 0.05) is 0 Å². The Kier molecular flexibility index (Phi) is 5.61. The van der Waals surface area contributed by atoms with Gasteiger partial charge in [0.15, 0.2) is 0 Å². The van der Waals surface area contributed by atoms with Crippen LogP contribution < -0.4 is 21.2 Å². The zero-order valence-corrected chi connectivity index (χ0v) is 17.1. The van der Waals surface area contributed by atoms with Crippen LogP contribution in [-0.4, -0.2) is 22.1 Å². The van der Waals surface area contributed by atoms with Gasteiger partial charge >= 0.3 is 157 Å². The van der Waals surface area contributed by atoms with E-state index in [9.17, 15) is 9.79 Å². The van der Waals surface area contributed by atoms with Crippen molar-refractivity contribution in [3.05, 3.63) is 84.9 Å². The third-order valence-electron chi connectivity index (χ3n) is 5.04. The predicted octanol–water partition coefficient (Wildman–Crippen LogP) is 3.48. The van der Waals surface area contributed by atoms with Gasteiger partial charge in [0.05, 0.1) is 0 Å². The first-order valence-electron chi connectivity index (χ1n) is 8.99. The van der Waals surface area contributed by atoms with Crippen LogP contribution in [0.3, 0.4) is 0 Å². The normalized spacial score (nSPS) is 13.3. The minimum absolute atomic E-state index is 0.367. The molecule has 0 amide bonds. The van der Waals surface area contributed by atoms with E-state index in [0.717, 1.165) is 10.6 Å². The van der Waals surface area contributed by atoms with Crippen LogP contribution in [0.4, 0.5) is 0 Å². The predicted molar refractivity (Wildman–Crippen MR) is 117 cm³/mol. The molecule has 0 heterocycles. The zero-order valence-electron chi connectivity index (χ0n) is 15.3. The molecule has 0 aliphatic rings. The molecule has 4 heteroatoms. The molecular formula is C22H26O2P2. The molecule has 2 N–H and O–H groups in total. The van der Waals surface area contributed by atoms with E-state index >= 15 is 0 Å². The van der Waals surface area contributed by atoms with Crippen LogP contribution >= 0.6 is 15.0 Å². The molecule has 0 radical (unpaired) electrons. The summed E-state index contributed by atoms with van der Waals surface area (Å²) in [5.41, 5.74) is 0. The molecule has 0 bridgehead atoms. The van der Waals surface area contributed by atoms with E-state index in [-0.39, 0.29) is 0 Å². The van der Waals surface area contributed by atoms with Crippen LogP contribution in [0.2, 0.25) is 0 Å². The standard InChI is InChI=1S/C22H26O2P2/c1-3-26(23,24,4-2)22-18-12-11-17-21(22)25(19-13-7-5-8-14-19)20-15-9-6-10-16-20/h5-18,23-24H,3-4H2,1-2H3. The van der Waals surface area contributed by atoms with Gasteiger partial charge in [-0.1, -0.05) is 0 Å². The summed E-state index contributed by atoms with van der Waals surface area (Å²) in [6, 6.07) is 28.7. The maximum absolute atomic E-state index is 11.4. The second-order valence-electron chi connectivity index (χ2n) is 6.52. The Morgan fingerprint density at radius 1 is 0.654 bits per heavy atom. The fourth-order valence-corrected chi connectivity index (χ4v) is 8.72. The van der Waals surface area contributed by atoms with Crippen LogP contribution in [0.1, 0.15) is 13.8 Å². The van der Waals surface area contributed by atoms with Crippen LogP contribution in [0.15, 0.2) is 84.9 Å². The molecule has 0 atom stereocenters. The van der Waals surface area contributed by atoms with Crippen molar-refractivity contribution < 1.29 is 9.79 Å². The fourth-order valence-electron chi connectivity index (χ4n) is 3.24. The Hall–Kier alpha value is -1.56. The van der Waals surface area contributed by atoms with Gasteiger partial charge in [-0.3, -0.25) is 0 Å². The summed E-state index contributed by atoms with van der Waals surface area (Å²) in [6.07, 6.45) is 0.734. The van der Waals surface area contributed by atoms with Gasteiger partial charge in [0.2, 0.25) is 0 Å². The Bertz CT molecular complexity index is 816. The molecule has 3 rings (SSSR count). The Morgan fingerprint density at radius 2 is 1.08 bits per heavy atom. The third-order valence-corrected chi connectivity index (χ3v) is 11.9. The van der Waals surface area contributed by atoms with Gasteiger partial charge in [0.1, 0.15) is 0 Å². The van der Waals surface area contributed by atoms with Gasteiger partial charge in [-0.15, -0.1) is 0 Å². The minimum atomic E-state index is -3.92. The average molecular weight is 384 g/mol. The molecule has 0 aliphatic heterocycles. The summed E-state index contributed by atoms with van der Waals surface area (Å²) in [4.78, 5) is 22.8. The van der Waals surface area contributed by atoms with Gasteiger partial charge in [-0.05, 0) is 0 Å². The van der Waals surface area contributed by atoms with Crippen molar-refractivity contribution in [3.63, 3.8) is 0 Å². The van der Waals surface area contributed by atoms with Crippen LogP contribution in [0.25, 0.3) is 0 Å². The van der Waals surface area contributed by atoms with Crippen molar-refractivity contribution in [3.8, 4) is 0 Å². The van der Waals surface area contributed by atoms with E-state index in [1.807, 2.05) is 68.4 Å². The molecule has 0 aliphatic carbocycles. The van der Waals surface area contributed by atoms with Gasteiger partial charge in [0.25, 0.3) is 0 Å². The second-order valence-corrected chi connectivity index (χ2v) is 13.2. The first-order chi connectivity index (χ1) is 12.5. The molecule has 0 aromatic heterocycles. The summed E-state index contributed by atoms with van der Waals surface area (Å²) in [7, 11) is -4.78. The monoisotopic (exact) mass is 384 g/mol. The van der Waals surface area contributed by atoms with Gasteiger partial charge in [-0.2, -0.15) is 0 Å². The van der Waals surface area contributed by atoms with E-state index in [0.29, 0.717) is 12.3 Å². The Morgan fingerprint density at radius 3 is 1.54 bits per heavy atom. The topological polar surface area (TPSA) is 40.5 Å². The van der Waals surface area contributed by atoms with Crippen LogP contribution in [-0.2, 0) is 0 Å². The van der Waals surface area contributed by atoms with E-state index in [1.165, 1.54) is 10.6 Å². The zero-order chi connectivity index (χ0) is 18.6. The van der Waals surface area contributed by atoms with Crippen molar-refractivity contribution in [1.29, 1.82) is 0 Å². The van der Waals surface area contributed by atoms with Gasteiger partial charge < -0.3 is 0 Å². The Labute approximate surface area is 157 Å². The number of hydrogen-bond acceptors (Lipinski definition) is 2.